The van der Waals surface area contributed by atoms with Gasteiger partial charge in [0.2, 0.25) is 0 Å². The summed E-state index contributed by atoms with van der Waals surface area (Å²) in [6.07, 6.45) is 4.67. The summed E-state index contributed by atoms with van der Waals surface area (Å²) in [5.41, 5.74) is 4.82. The van der Waals surface area contributed by atoms with E-state index in [4.69, 9.17) is 4.74 Å². The highest BCUT2D eigenvalue weighted by Crippen LogP contribution is 2.19. The van der Waals surface area contributed by atoms with Crippen molar-refractivity contribution in [2.75, 3.05) is 20.7 Å². The van der Waals surface area contributed by atoms with E-state index in [0.29, 0.717) is 6.54 Å². The van der Waals surface area contributed by atoms with Gasteiger partial charge in [0.1, 0.15) is 5.75 Å². The molecule has 0 aliphatic rings. The van der Waals surface area contributed by atoms with Crippen LogP contribution in [0, 0.1) is 6.92 Å². The monoisotopic (exact) mass is 391 g/mol. The first-order valence-corrected chi connectivity index (χ1v) is 9.81. The molecule has 0 saturated carbocycles. The second-order valence-electron chi connectivity index (χ2n) is 6.93. The van der Waals surface area contributed by atoms with Crippen LogP contribution in [-0.2, 0) is 19.5 Å². The van der Waals surface area contributed by atoms with Crippen LogP contribution < -0.4 is 15.4 Å². The van der Waals surface area contributed by atoms with E-state index in [1.165, 1.54) is 16.7 Å². The number of hydrogen-bond acceptors (Lipinski definition) is 3. The number of aryl methyl sites for hydroxylation is 1. The lowest BCUT2D eigenvalue weighted by Gasteiger charge is -2.13. The summed E-state index contributed by atoms with van der Waals surface area (Å²) in [4.78, 5) is 4.32. The third-order valence-corrected chi connectivity index (χ3v) is 4.76. The standard InChI is InChI=1S/C23H29N5O/c1-18-8-9-19(15-22(18)29-3)10-12-25-23(24-2)26-16-20-6-4-7-21(14-20)17-28-13-5-11-27-28/h4-9,11,13-15H,10,12,16-17H2,1-3H3,(H2,24,25,26). The molecular weight excluding hydrogens is 362 g/mol. The van der Waals surface area contributed by atoms with Crippen molar-refractivity contribution < 1.29 is 4.74 Å². The Hall–Kier alpha value is -3.28. The minimum absolute atomic E-state index is 0.713. The van der Waals surface area contributed by atoms with E-state index < -0.39 is 0 Å². The minimum atomic E-state index is 0.713. The first-order chi connectivity index (χ1) is 14.2. The summed E-state index contributed by atoms with van der Waals surface area (Å²) in [6.45, 7) is 4.33. The van der Waals surface area contributed by atoms with Gasteiger partial charge in [0.05, 0.1) is 13.7 Å². The maximum Gasteiger partial charge on any atom is 0.191 e. The normalized spacial score (nSPS) is 11.3. The van der Waals surface area contributed by atoms with Crippen LogP contribution >= 0.6 is 0 Å². The molecule has 0 atom stereocenters. The lowest BCUT2D eigenvalue weighted by molar-refractivity contribution is 0.411. The molecule has 2 N–H and O–H groups in total. The number of rotatable bonds is 8. The molecule has 1 heterocycles. The number of aromatic nitrogens is 2. The molecule has 0 aliphatic carbocycles. The van der Waals surface area contributed by atoms with Crippen molar-refractivity contribution in [3.8, 4) is 5.75 Å². The lowest BCUT2D eigenvalue weighted by Crippen LogP contribution is -2.37. The molecule has 6 heteroatoms. The Kier molecular flexibility index (Phi) is 7.28. The van der Waals surface area contributed by atoms with E-state index in [0.717, 1.165) is 36.8 Å². The summed E-state index contributed by atoms with van der Waals surface area (Å²) < 4.78 is 7.33. The molecule has 0 radical (unpaired) electrons. The van der Waals surface area contributed by atoms with Gasteiger partial charge in [-0.15, -0.1) is 0 Å². The number of nitrogens with zero attached hydrogens (tertiary/aromatic N) is 3. The SMILES string of the molecule is CN=C(NCCc1ccc(C)c(OC)c1)NCc1cccc(Cn2cccn2)c1. The van der Waals surface area contributed by atoms with Gasteiger partial charge in [-0.1, -0.05) is 36.4 Å². The van der Waals surface area contributed by atoms with Crippen molar-refractivity contribution in [2.45, 2.75) is 26.4 Å². The number of aliphatic imine (C=N–C) groups is 1. The summed E-state index contributed by atoms with van der Waals surface area (Å²) in [7, 11) is 3.50. The maximum atomic E-state index is 5.40. The molecule has 0 aliphatic heterocycles. The molecule has 0 saturated heterocycles. The van der Waals surface area contributed by atoms with Crippen LogP contribution in [0.2, 0.25) is 0 Å². The molecule has 0 spiro atoms. The zero-order chi connectivity index (χ0) is 20.5. The molecule has 0 unspecified atom stereocenters. The zero-order valence-electron chi connectivity index (χ0n) is 17.4. The zero-order valence-corrected chi connectivity index (χ0v) is 17.4. The van der Waals surface area contributed by atoms with Crippen LogP contribution in [0.15, 0.2) is 65.9 Å². The Bertz CT molecular complexity index is 934. The molecule has 0 bridgehead atoms. The van der Waals surface area contributed by atoms with Crippen LogP contribution in [0.3, 0.4) is 0 Å². The Morgan fingerprint density at radius 2 is 1.93 bits per heavy atom. The Balaban J connectivity index is 1.48. The highest BCUT2D eigenvalue weighted by atomic mass is 16.5. The van der Waals surface area contributed by atoms with E-state index in [1.54, 1.807) is 20.4 Å². The van der Waals surface area contributed by atoms with Crippen LogP contribution in [-0.4, -0.2) is 36.4 Å². The fourth-order valence-corrected chi connectivity index (χ4v) is 3.17. The fourth-order valence-electron chi connectivity index (χ4n) is 3.17. The third-order valence-electron chi connectivity index (χ3n) is 4.76. The summed E-state index contributed by atoms with van der Waals surface area (Å²) >= 11 is 0. The lowest BCUT2D eigenvalue weighted by atomic mass is 10.1. The van der Waals surface area contributed by atoms with Gasteiger partial charge in [0, 0.05) is 32.5 Å². The molecule has 1 aromatic heterocycles. The van der Waals surface area contributed by atoms with Gasteiger partial charge < -0.3 is 15.4 Å². The second-order valence-corrected chi connectivity index (χ2v) is 6.93. The highest BCUT2D eigenvalue weighted by molar-refractivity contribution is 5.79. The van der Waals surface area contributed by atoms with Crippen molar-refractivity contribution in [3.05, 3.63) is 83.2 Å². The molecule has 3 rings (SSSR count). The largest absolute Gasteiger partial charge is 0.496 e. The van der Waals surface area contributed by atoms with Gasteiger partial charge >= 0.3 is 0 Å². The summed E-state index contributed by atoms with van der Waals surface area (Å²) in [5.74, 6) is 1.72. The van der Waals surface area contributed by atoms with E-state index in [9.17, 15) is 0 Å². The number of ether oxygens (including phenoxy) is 1. The maximum absolute atomic E-state index is 5.40. The van der Waals surface area contributed by atoms with Crippen molar-refractivity contribution in [1.82, 2.24) is 20.4 Å². The minimum Gasteiger partial charge on any atom is -0.496 e. The molecule has 152 valence electrons. The predicted octanol–water partition coefficient (Wildman–Crippen LogP) is 3.16. The van der Waals surface area contributed by atoms with Crippen molar-refractivity contribution >= 4 is 5.96 Å². The van der Waals surface area contributed by atoms with Crippen LogP contribution in [0.25, 0.3) is 0 Å². The number of hydrogen-bond donors (Lipinski definition) is 2. The molecule has 6 nitrogen and oxygen atoms in total. The molecule has 0 amide bonds. The second kappa shape index (κ2) is 10.3. The van der Waals surface area contributed by atoms with Gasteiger partial charge in [-0.25, -0.2) is 0 Å². The van der Waals surface area contributed by atoms with Gasteiger partial charge in [0.25, 0.3) is 0 Å². The molecule has 29 heavy (non-hydrogen) atoms. The summed E-state index contributed by atoms with van der Waals surface area (Å²) in [6, 6.07) is 16.8. The van der Waals surface area contributed by atoms with E-state index >= 15 is 0 Å². The summed E-state index contributed by atoms with van der Waals surface area (Å²) in [5, 5.41) is 11.0. The predicted molar refractivity (Wildman–Crippen MR) is 117 cm³/mol. The Morgan fingerprint density at radius 1 is 1.07 bits per heavy atom. The average Bonchev–Trinajstić information content (AvgIpc) is 3.25. The Morgan fingerprint density at radius 3 is 2.69 bits per heavy atom. The number of methoxy groups -OCH3 is 1. The van der Waals surface area contributed by atoms with Crippen molar-refractivity contribution in [3.63, 3.8) is 0 Å². The molecule has 3 aromatic rings. The van der Waals surface area contributed by atoms with Gasteiger partial charge in [-0.3, -0.25) is 9.67 Å². The van der Waals surface area contributed by atoms with E-state index in [2.05, 4.69) is 70.1 Å². The van der Waals surface area contributed by atoms with Gasteiger partial charge in [0.15, 0.2) is 5.96 Å². The molecule has 0 fully saturated rings. The quantitative estimate of drug-likeness (QED) is 0.457. The highest BCUT2D eigenvalue weighted by Gasteiger charge is 2.03. The third kappa shape index (κ3) is 6.10. The topological polar surface area (TPSA) is 63.5 Å². The van der Waals surface area contributed by atoms with Crippen molar-refractivity contribution in [2.24, 2.45) is 4.99 Å². The number of benzene rings is 2. The number of nitrogens with one attached hydrogen (secondary N) is 2. The average molecular weight is 392 g/mol. The first kappa shape index (κ1) is 20.5. The van der Waals surface area contributed by atoms with Gasteiger partial charge in [-0.05, 0) is 47.7 Å². The smallest absolute Gasteiger partial charge is 0.191 e. The molecular formula is C23H29N5O. The van der Waals surface area contributed by atoms with Crippen LogP contribution in [0.1, 0.15) is 22.3 Å². The van der Waals surface area contributed by atoms with Crippen molar-refractivity contribution in [1.29, 1.82) is 0 Å². The van der Waals surface area contributed by atoms with E-state index in [-0.39, 0.29) is 0 Å². The fraction of sp³-hybridized carbons (Fsp3) is 0.304. The number of guanidine groups is 1. The van der Waals surface area contributed by atoms with Crippen LogP contribution in [0.4, 0.5) is 0 Å². The van der Waals surface area contributed by atoms with Crippen LogP contribution in [0.5, 0.6) is 5.75 Å². The first-order valence-electron chi connectivity index (χ1n) is 9.81. The Labute approximate surface area is 172 Å². The van der Waals surface area contributed by atoms with E-state index in [1.807, 2.05) is 16.9 Å². The molecule has 2 aromatic carbocycles. The van der Waals surface area contributed by atoms with Gasteiger partial charge in [-0.2, -0.15) is 5.10 Å².